The summed E-state index contributed by atoms with van der Waals surface area (Å²) < 4.78 is 0. The van der Waals surface area contributed by atoms with Crippen molar-refractivity contribution in [2.24, 2.45) is 23.5 Å². The Labute approximate surface area is 122 Å². The monoisotopic (exact) mass is 283 g/mol. The molecule has 1 aliphatic carbocycles. The molecular weight excluding hydrogens is 254 g/mol. The number of hydrogen-bond acceptors (Lipinski definition) is 3. The van der Waals surface area contributed by atoms with Gasteiger partial charge in [0.15, 0.2) is 0 Å². The van der Waals surface area contributed by atoms with E-state index in [9.17, 15) is 9.59 Å². The van der Waals surface area contributed by atoms with Crippen molar-refractivity contribution in [1.29, 1.82) is 0 Å². The summed E-state index contributed by atoms with van der Waals surface area (Å²) in [6, 6.07) is 0.0856. The van der Waals surface area contributed by atoms with E-state index in [0.717, 1.165) is 19.3 Å². The number of likely N-dealkylation sites (N-methyl/N-ethyl adjacent to an activating group) is 1. The molecule has 3 N–H and O–H groups in total. The van der Waals surface area contributed by atoms with Crippen molar-refractivity contribution >= 4 is 11.8 Å². The Bertz CT molecular complexity index is 346. The number of nitrogens with zero attached hydrogens (tertiary/aromatic N) is 1. The lowest BCUT2D eigenvalue weighted by molar-refractivity contribution is -0.140. The van der Waals surface area contributed by atoms with Gasteiger partial charge in [0.25, 0.3) is 0 Å². The molecule has 0 aromatic rings. The first-order valence-corrected chi connectivity index (χ1v) is 7.64. The van der Waals surface area contributed by atoms with Gasteiger partial charge in [-0.3, -0.25) is 9.59 Å². The van der Waals surface area contributed by atoms with Gasteiger partial charge in [0.1, 0.15) is 0 Å². The summed E-state index contributed by atoms with van der Waals surface area (Å²) in [7, 11) is 1.70. The molecule has 5 nitrogen and oxygen atoms in total. The first-order valence-electron chi connectivity index (χ1n) is 7.64. The average molecular weight is 283 g/mol. The third kappa shape index (κ3) is 4.47. The zero-order valence-corrected chi connectivity index (χ0v) is 13.2. The van der Waals surface area contributed by atoms with Crippen LogP contribution in [0.3, 0.4) is 0 Å². The Kier molecular flexibility index (Phi) is 6.46. The molecule has 0 saturated heterocycles. The molecule has 0 aliphatic heterocycles. The van der Waals surface area contributed by atoms with E-state index in [2.05, 4.69) is 19.2 Å². The maximum absolute atomic E-state index is 12.5. The molecule has 0 aromatic heterocycles. The van der Waals surface area contributed by atoms with Gasteiger partial charge in [-0.1, -0.05) is 20.8 Å². The summed E-state index contributed by atoms with van der Waals surface area (Å²) in [6.07, 6.45) is 2.60. The minimum absolute atomic E-state index is 0.0477. The van der Waals surface area contributed by atoms with Crippen LogP contribution in [0, 0.1) is 17.8 Å². The van der Waals surface area contributed by atoms with Gasteiger partial charge in [0.05, 0.1) is 6.54 Å². The predicted octanol–water partition coefficient (Wildman–Crippen LogP) is 0.981. The van der Waals surface area contributed by atoms with E-state index in [1.165, 1.54) is 4.90 Å². The van der Waals surface area contributed by atoms with Crippen molar-refractivity contribution in [3.05, 3.63) is 0 Å². The molecule has 4 unspecified atom stereocenters. The number of nitrogens with one attached hydrogen (secondary N) is 1. The van der Waals surface area contributed by atoms with Crippen LogP contribution in [0.1, 0.15) is 40.0 Å². The number of carbonyl (C=O) groups is 2. The average Bonchev–Trinajstić information content (AvgIpc) is 2.39. The highest BCUT2D eigenvalue weighted by molar-refractivity contribution is 5.85. The lowest BCUT2D eigenvalue weighted by Gasteiger charge is -2.37. The maximum Gasteiger partial charge on any atom is 0.239 e. The van der Waals surface area contributed by atoms with Crippen LogP contribution in [-0.2, 0) is 9.59 Å². The summed E-state index contributed by atoms with van der Waals surface area (Å²) in [6.45, 7) is 7.04. The van der Waals surface area contributed by atoms with Gasteiger partial charge in [-0.15, -0.1) is 0 Å². The summed E-state index contributed by atoms with van der Waals surface area (Å²) >= 11 is 0. The zero-order valence-electron chi connectivity index (χ0n) is 13.2. The molecule has 1 fully saturated rings. The summed E-state index contributed by atoms with van der Waals surface area (Å²) in [4.78, 5) is 25.7. The van der Waals surface area contributed by atoms with E-state index < -0.39 is 0 Å². The molecule has 20 heavy (non-hydrogen) atoms. The van der Waals surface area contributed by atoms with Gasteiger partial charge in [0, 0.05) is 25.6 Å². The molecule has 2 amide bonds. The minimum atomic E-state index is -0.0937. The van der Waals surface area contributed by atoms with Crippen LogP contribution in [0.5, 0.6) is 0 Å². The van der Waals surface area contributed by atoms with E-state index >= 15 is 0 Å². The Morgan fingerprint density at radius 2 is 1.90 bits per heavy atom. The highest BCUT2D eigenvalue weighted by atomic mass is 16.2. The van der Waals surface area contributed by atoms with Gasteiger partial charge < -0.3 is 16.0 Å². The second-order valence-electron chi connectivity index (χ2n) is 6.24. The quantitative estimate of drug-likeness (QED) is 0.790. The molecule has 116 valence electrons. The van der Waals surface area contributed by atoms with Crippen molar-refractivity contribution in [2.75, 3.05) is 20.1 Å². The molecule has 1 aliphatic rings. The predicted molar refractivity (Wildman–Crippen MR) is 80.0 cm³/mol. The standard InChI is InChI=1S/C15H29N3O2/c1-5-6-17-14(19)9-18(4)15(20)12-8-13(16)11(3)7-10(12)2/h10-13H,5-9,16H2,1-4H3,(H,17,19). The molecule has 0 radical (unpaired) electrons. The molecule has 1 saturated carbocycles. The van der Waals surface area contributed by atoms with Crippen molar-refractivity contribution in [3.63, 3.8) is 0 Å². The van der Waals surface area contributed by atoms with E-state index in [-0.39, 0.29) is 30.3 Å². The Morgan fingerprint density at radius 1 is 1.25 bits per heavy atom. The summed E-state index contributed by atoms with van der Waals surface area (Å²) in [5, 5.41) is 2.79. The van der Waals surface area contributed by atoms with Crippen LogP contribution in [0.15, 0.2) is 0 Å². The molecule has 5 heteroatoms. The lowest BCUT2D eigenvalue weighted by atomic mass is 9.72. The Morgan fingerprint density at radius 3 is 2.50 bits per heavy atom. The lowest BCUT2D eigenvalue weighted by Crippen LogP contribution is -2.47. The normalized spacial score (nSPS) is 29.9. The van der Waals surface area contributed by atoms with Gasteiger partial charge >= 0.3 is 0 Å². The topological polar surface area (TPSA) is 75.4 Å². The van der Waals surface area contributed by atoms with Gasteiger partial charge in [0.2, 0.25) is 11.8 Å². The molecule has 4 atom stereocenters. The van der Waals surface area contributed by atoms with E-state index in [1.54, 1.807) is 7.05 Å². The van der Waals surface area contributed by atoms with Crippen molar-refractivity contribution in [1.82, 2.24) is 10.2 Å². The highest BCUT2D eigenvalue weighted by Gasteiger charge is 2.36. The maximum atomic E-state index is 12.5. The fourth-order valence-corrected chi connectivity index (χ4v) is 2.92. The second kappa shape index (κ2) is 7.62. The number of amides is 2. The largest absolute Gasteiger partial charge is 0.355 e. The van der Waals surface area contributed by atoms with Crippen LogP contribution in [0.2, 0.25) is 0 Å². The number of hydrogen-bond donors (Lipinski definition) is 2. The highest BCUT2D eigenvalue weighted by Crippen LogP contribution is 2.33. The number of rotatable bonds is 5. The van der Waals surface area contributed by atoms with Crippen LogP contribution < -0.4 is 11.1 Å². The third-order valence-electron chi connectivity index (χ3n) is 4.33. The van der Waals surface area contributed by atoms with Crippen LogP contribution >= 0.6 is 0 Å². The molecule has 1 rings (SSSR count). The first-order chi connectivity index (χ1) is 9.36. The Hall–Kier alpha value is -1.10. The van der Waals surface area contributed by atoms with Crippen LogP contribution in [0.25, 0.3) is 0 Å². The van der Waals surface area contributed by atoms with Crippen LogP contribution in [0.4, 0.5) is 0 Å². The van der Waals surface area contributed by atoms with Gasteiger partial charge in [-0.25, -0.2) is 0 Å². The van der Waals surface area contributed by atoms with Gasteiger partial charge in [-0.2, -0.15) is 0 Å². The first kappa shape index (κ1) is 17.0. The summed E-state index contributed by atoms with van der Waals surface area (Å²) in [5.74, 6) is 0.700. The van der Waals surface area contributed by atoms with E-state index in [0.29, 0.717) is 18.4 Å². The van der Waals surface area contributed by atoms with E-state index in [4.69, 9.17) is 5.73 Å². The summed E-state index contributed by atoms with van der Waals surface area (Å²) in [5.41, 5.74) is 6.09. The minimum Gasteiger partial charge on any atom is -0.355 e. The molecule has 0 bridgehead atoms. The van der Waals surface area contributed by atoms with E-state index in [1.807, 2.05) is 6.92 Å². The molecular formula is C15H29N3O2. The molecule has 0 aromatic carbocycles. The zero-order chi connectivity index (χ0) is 15.3. The number of carbonyl (C=O) groups excluding carboxylic acids is 2. The number of nitrogens with two attached hydrogens (primary N) is 1. The van der Waals surface area contributed by atoms with Crippen molar-refractivity contribution < 1.29 is 9.59 Å². The molecule has 0 spiro atoms. The smallest absolute Gasteiger partial charge is 0.239 e. The van der Waals surface area contributed by atoms with Crippen molar-refractivity contribution in [3.8, 4) is 0 Å². The fraction of sp³-hybridized carbons (Fsp3) is 0.867. The third-order valence-corrected chi connectivity index (χ3v) is 4.33. The Balaban J connectivity index is 2.53. The van der Waals surface area contributed by atoms with Gasteiger partial charge in [-0.05, 0) is 31.1 Å². The van der Waals surface area contributed by atoms with Crippen LogP contribution in [-0.4, -0.2) is 42.9 Å². The second-order valence-corrected chi connectivity index (χ2v) is 6.24. The fourth-order valence-electron chi connectivity index (χ4n) is 2.92. The van der Waals surface area contributed by atoms with Crippen molar-refractivity contribution in [2.45, 2.75) is 46.1 Å². The molecule has 0 heterocycles. The SMILES string of the molecule is CCCNC(=O)CN(C)C(=O)C1CC(N)C(C)CC1C.